The molecule has 0 radical (unpaired) electrons. The summed E-state index contributed by atoms with van der Waals surface area (Å²) in [5, 5.41) is 0.846. The SMILES string of the molecule is CCCCc1cccc(Cl)c1. The van der Waals surface area contributed by atoms with Crippen molar-refractivity contribution in [2.45, 2.75) is 26.2 Å². The molecule has 0 aliphatic rings. The van der Waals surface area contributed by atoms with Crippen LogP contribution in [0.4, 0.5) is 0 Å². The lowest BCUT2D eigenvalue weighted by atomic mass is 10.1. The molecule has 0 saturated heterocycles. The van der Waals surface area contributed by atoms with Crippen molar-refractivity contribution in [3.05, 3.63) is 34.9 Å². The predicted octanol–water partition coefficient (Wildman–Crippen LogP) is 3.68. The molecule has 0 aliphatic carbocycles. The highest BCUT2D eigenvalue weighted by Gasteiger charge is 1.92. The Morgan fingerprint density at radius 3 is 2.82 bits per heavy atom. The number of halogens is 1. The van der Waals surface area contributed by atoms with Gasteiger partial charge in [-0.05, 0) is 30.5 Å². The highest BCUT2D eigenvalue weighted by Crippen LogP contribution is 2.12. The summed E-state index contributed by atoms with van der Waals surface area (Å²) in [6, 6.07) is 8.09. The molecular weight excluding hydrogens is 156 g/mol. The number of hydrogen-bond donors (Lipinski definition) is 0. The van der Waals surface area contributed by atoms with Gasteiger partial charge in [-0.3, -0.25) is 0 Å². The summed E-state index contributed by atoms with van der Waals surface area (Å²) in [7, 11) is 0. The van der Waals surface area contributed by atoms with Gasteiger partial charge in [0, 0.05) is 5.02 Å². The third-order valence-electron chi connectivity index (χ3n) is 1.71. The van der Waals surface area contributed by atoms with Crippen LogP contribution in [0.3, 0.4) is 0 Å². The fourth-order valence-electron chi connectivity index (χ4n) is 1.07. The van der Waals surface area contributed by atoms with Crippen LogP contribution in [0.5, 0.6) is 0 Å². The van der Waals surface area contributed by atoms with E-state index >= 15 is 0 Å². The lowest BCUT2D eigenvalue weighted by Crippen LogP contribution is -1.82. The lowest BCUT2D eigenvalue weighted by Gasteiger charge is -1.98. The number of hydrogen-bond acceptors (Lipinski definition) is 0. The average molecular weight is 169 g/mol. The fourth-order valence-corrected chi connectivity index (χ4v) is 1.29. The predicted molar refractivity (Wildman–Crippen MR) is 50.1 cm³/mol. The maximum atomic E-state index is 5.82. The van der Waals surface area contributed by atoms with Gasteiger partial charge < -0.3 is 0 Å². The molecule has 1 aromatic rings. The minimum absolute atomic E-state index is 0.846. The fraction of sp³-hybridized carbons (Fsp3) is 0.400. The first kappa shape index (κ1) is 8.61. The molecule has 0 saturated carbocycles. The second kappa shape index (κ2) is 4.40. The Kier molecular flexibility index (Phi) is 3.44. The second-order valence-corrected chi connectivity index (χ2v) is 3.17. The molecule has 1 heteroatoms. The van der Waals surface area contributed by atoms with Crippen LogP contribution in [-0.4, -0.2) is 0 Å². The third kappa shape index (κ3) is 2.94. The molecule has 0 N–H and O–H groups in total. The van der Waals surface area contributed by atoms with Crippen molar-refractivity contribution in [1.82, 2.24) is 0 Å². The van der Waals surface area contributed by atoms with E-state index in [9.17, 15) is 0 Å². The molecular formula is C10H13Cl. The third-order valence-corrected chi connectivity index (χ3v) is 1.94. The van der Waals surface area contributed by atoms with E-state index in [4.69, 9.17) is 11.6 Å². The van der Waals surface area contributed by atoms with E-state index in [1.807, 2.05) is 18.2 Å². The zero-order valence-electron chi connectivity index (χ0n) is 6.81. The Morgan fingerprint density at radius 1 is 1.36 bits per heavy atom. The van der Waals surface area contributed by atoms with Gasteiger partial charge in [0.1, 0.15) is 0 Å². The average Bonchev–Trinajstić information content (AvgIpc) is 2.01. The van der Waals surface area contributed by atoms with Crippen molar-refractivity contribution in [2.75, 3.05) is 0 Å². The molecule has 11 heavy (non-hydrogen) atoms. The molecule has 0 amide bonds. The summed E-state index contributed by atoms with van der Waals surface area (Å²) in [5.74, 6) is 0. The molecule has 60 valence electrons. The van der Waals surface area contributed by atoms with Gasteiger partial charge in [0.2, 0.25) is 0 Å². The van der Waals surface area contributed by atoms with Gasteiger partial charge in [-0.15, -0.1) is 0 Å². The summed E-state index contributed by atoms with van der Waals surface area (Å²) in [4.78, 5) is 0. The molecule has 0 bridgehead atoms. The summed E-state index contributed by atoms with van der Waals surface area (Å²) >= 11 is 5.82. The Bertz CT molecular complexity index is 218. The Morgan fingerprint density at radius 2 is 2.18 bits per heavy atom. The molecule has 0 fully saturated rings. The van der Waals surface area contributed by atoms with Crippen LogP contribution in [0.2, 0.25) is 5.02 Å². The summed E-state index contributed by atoms with van der Waals surface area (Å²) in [6.07, 6.45) is 3.64. The zero-order valence-corrected chi connectivity index (χ0v) is 7.56. The summed E-state index contributed by atoms with van der Waals surface area (Å²) < 4.78 is 0. The van der Waals surface area contributed by atoms with Crippen molar-refractivity contribution in [1.29, 1.82) is 0 Å². The Hall–Kier alpha value is -0.490. The molecule has 0 nitrogen and oxygen atoms in total. The molecule has 1 aromatic carbocycles. The standard InChI is InChI=1S/C10H13Cl/c1-2-3-5-9-6-4-7-10(11)8-9/h4,6-8H,2-3,5H2,1H3. The first-order valence-corrected chi connectivity index (χ1v) is 4.45. The van der Waals surface area contributed by atoms with Gasteiger partial charge in [0.15, 0.2) is 0 Å². The van der Waals surface area contributed by atoms with Gasteiger partial charge >= 0.3 is 0 Å². The van der Waals surface area contributed by atoms with Crippen molar-refractivity contribution in [3.63, 3.8) is 0 Å². The van der Waals surface area contributed by atoms with E-state index in [1.165, 1.54) is 18.4 Å². The van der Waals surface area contributed by atoms with Crippen LogP contribution < -0.4 is 0 Å². The van der Waals surface area contributed by atoms with Crippen molar-refractivity contribution >= 4 is 11.6 Å². The number of unbranched alkanes of at least 4 members (excludes halogenated alkanes) is 1. The van der Waals surface area contributed by atoms with Crippen LogP contribution in [0.25, 0.3) is 0 Å². The molecule has 1 rings (SSSR count). The van der Waals surface area contributed by atoms with Gasteiger partial charge in [-0.25, -0.2) is 0 Å². The van der Waals surface area contributed by atoms with Crippen LogP contribution >= 0.6 is 11.6 Å². The van der Waals surface area contributed by atoms with Gasteiger partial charge in [0.25, 0.3) is 0 Å². The van der Waals surface area contributed by atoms with Gasteiger partial charge in [-0.2, -0.15) is 0 Å². The number of benzene rings is 1. The minimum Gasteiger partial charge on any atom is -0.0843 e. The largest absolute Gasteiger partial charge is 0.0843 e. The van der Waals surface area contributed by atoms with Crippen LogP contribution in [0.15, 0.2) is 24.3 Å². The molecule has 0 aromatic heterocycles. The summed E-state index contributed by atoms with van der Waals surface area (Å²) in [5.41, 5.74) is 1.35. The van der Waals surface area contributed by atoms with Crippen LogP contribution in [0, 0.1) is 0 Å². The van der Waals surface area contributed by atoms with Crippen molar-refractivity contribution in [2.24, 2.45) is 0 Å². The van der Waals surface area contributed by atoms with E-state index in [-0.39, 0.29) is 0 Å². The molecule has 0 aliphatic heterocycles. The monoisotopic (exact) mass is 168 g/mol. The maximum Gasteiger partial charge on any atom is 0.0408 e. The van der Waals surface area contributed by atoms with Crippen LogP contribution in [-0.2, 0) is 6.42 Å². The number of aryl methyl sites for hydroxylation is 1. The lowest BCUT2D eigenvalue weighted by molar-refractivity contribution is 0.795. The van der Waals surface area contributed by atoms with Gasteiger partial charge in [-0.1, -0.05) is 37.1 Å². The smallest absolute Gasteiger partial charge is 0.0408 e. The van der Waals surface area contributed by atoms with E-state index in [2.05, 4.69) is 13.0 Å². The minimum atomic E-state index is 0.846. The molecule has 0 heterocycles. The van der Waals surface area contributed by atoms with E-state index in [0.29, 0.717) is 0 Å². The highest BCUT2D eigenvalue weighted by molar-refractivity contribution is 6.30. The highest BCUT2D eigenvalue weighted by atomic mass is 35.5. The van der Waals surface area contributed by atoms with E-state index < -0.39 is 0 Å². The Labute approximate surface area is 73.2 Å². The van der Waals surface area contributed by atoms with Crippen LogP contribution in [0.1, 0.15) is 25.3 Å². The first-order valence-electron chi connectivity index (χ1n) is 4.07. The second-order valence-electron chi connectivity index (χ2n) is 2.73. The van der Waals surface area contributed by atoms with E-state index in [1.54, 1.807) is 0 Å². The van der Waals surface area contributed by atoms with Gasteiger partial charge in [0.05, 0.1) is 0 Å². The first-order chi connectivity index (χ1) is 5.33. The number of rotatable bonds is 3. The Balaban J connectivity index is 2.56. The quantitative estimate of drug-likeness (QED) is 0.646. The normalized spacial score (nSPS) is 10.0. The zero-order chi connectivity index (χ0) is 8.10. The van der Waals surface area contributed by atoms with Crippen molar-refractivity contribution in [3.8, 4) is 0 Å². The topological polar surface area (TPSA) is 0 Å². The maximum absolute atomic E-state index is 5.82. The molecule has 0 unspecified atom stereocenters. The van der Waals surface area contributed by atoms with Crippen molar-refractivity contribution < 1.29 is 0 Å². The molecule has 0 spiro atoms. The molecule has 0 atom stereocenters. The van der Waals surface area contributed by atoms with E-state index in [0.717, 1.165) is 11.4 Å². The summed E-state index contributed by atoms with van der Waals surface area (Å²) in [6.45, 7) is 2.20.